The molecule has 0 fully saturated rings. The molecule has 16 heavy (non-hydrogen) atoms. The maximum atomic E-state index is 12.6. The van der Waals surface area contributed by atoms with E-state index in [2.05, 4.69) is 10.3 Å². The molecule has 1 aromatic carbocycles. The second kappa shape index (κ2) is 5.30. The average molecular weight is 219 g/mol. The van der Waals surface area contributed by atoms with Gasteiger partial charge in [0.1, 0.15) is 5.82 Å². The molecule has 1 N–H and O–H groups in total. The normalized spacial score (nSPS) is 10.3. The number of hydrogen-bond acceptors (Lipinski definition) is 2. The second-order valence-electron chi connectivity index (χ2n) is 3.59. The summed E-state index contributed by atoms with van der Waals surface area (Å²) < 4.78 is 14.7. The number of benzene rings is 1. The molecule has 84 valence electrons. The maximum absolute atomic E-state index is 12.6. The Kier molecular flexibility index (Phi) is 3.53. The maximum Gasteiger partial charge on any atom is 0.123 e. The lowest BCUT2D eigenvalue weighted by atomic mass is 10.3. The van der Waals surface area contributed by atoms with Crippen LogP contribution in [0.4, 0.5) is 10.1 Å². The van der Waals surface area contributed by atoms with E-state index < -0.39 is 0 Å². The molecule has 4 heteroatoms. The van der Waals surface area contributed by atoms with E-state index in [9.17, 15) is 4.39 Å². The van der Waals surface area contributed by atoms with Crippen LogP contribution in [0.25, 0.3) is 0 Å². The van der Waals surface area contributed by atoms with E-state index in [1.54, 1.807) is 24.7 Å². The second-order valence-corrected chi connectivity index (χ2v) is 3.59. The van der Waals surface area contributed by atoms with Crippen molar-refractivity contribution in [3.05, 3.63) is 48.8 Å². The van der Waals surface area contributed by atoms with Gasteiger partial charge in [-0.2, -0.15) is 0 Å². The number of imidazole rings is 1. The van der Waals surface area contributed by atoms with Gasteiger partial charge in [0.15, 0.2) is 0 Å². The highest BCUT2D eigenvalue weighted by molar-refractivity contribution is 5.42. The molecule has 0 aliphatic heterocycles. The Labute approximate surface area is 93.9 Å². The molecule has 0 spiro atoms. The third kappa shape index (κ3) is 3.08. The minimum absolute atomic E-state index is 0.205. The predicted molar refractivity (Wildman–Crippen MR) is 61.7 cm³/mol. The van der Waals surface area contributed by atoms with Crippen molar-refractivity contribution in [2.24, 2.45) is 0 Å². The molecular weight excluding hydrogens is 205 g/mol. The zero-order valence-corrected chi connectivity index (χ0v) is 8.94. The van der Waals surface area contributed by atoms with Gasteiger partial charge in [-0.3, -0.25) is 0 Å². The van der Waals surface area contributed by atoms with E-state index in [0.29, 0.717) is 0 Å². The molecule has 0 amide bonds. The predicted octanol–water partition coefficient (Wildman–Crippen LogP) is 2.52. The lowest BCUT2D eigenvalue weighted by Gasteiger charge is -2.06. The van der Waals surface area contributed by atoms with E-state index in [0.717, 1.165) is 25.2 Å². The summed E-state index contributed by atoms with van der Waals surface area (Å²) in [6, 6.07) is 6.40. The zero-order chi connectivity index (χ0) is 11.2. The van der Waals surface area contributed by atoms with Gasteiger partial charge in [0.2, 0.25) is 0 Å². The molecule has 0 radical (unpaired) electrons. The van der Waals surface area contributed by atoms with Gasteiger partial charge in [0.05, 0.1) is 6.33 Å². The fourth-order valence-electron chi connectivity index (χ4n) is 1.48. The van der Waals surface area contributed by atoms with Gasteiger partial charge in [0, 0.05) is 31.2 Å². The molecule has 0 saturated carbocycles. The summed E-state index contributed by atoms with van der Waals surface area (Å²) in [5.41, 5.74) is 0.951. The van der Waals surface area contributed by atoms with Gasteiger partial charge in [-0.05, 0) is 30.7 Å². The van der Waals surface area contributed by atoms with Crippen LogP contribution in [0, 0.1) is 5.82 Å². The van der Waals surface area contributed by atoms with Crippen LogP contribution in [0.5, 0.6) is 0 Å². The molecule has 0 atom stereocenters. The van der Waals surface area contributed by atoms with Gasteiger partial charge in [-0.1, -0.05) is 0 Å². The van der Waals surface area contributed by atoms with E-state index in [-0.39, 0.29) is 5.82 Å². The van der Waals surface area contributed by atoms with Crippen LogP contribution in [-0.2, 0) is 6.54 Å². The van der Waals surface area contributed by atoms with Crippen LogP contribution in [-0.4, -0.2) is 16.1 Å². The molecule has 0 bridgehead atoms. The van der Waals surface area contributed by atoms with Gasteiger partial charge >= 0.3 is 0 Å². The molecule has 2 aromatic rings. The number of aryl methyl sites for hydroxylation is 1. The van der Waals surface area contributed by atoms with Crippen molar-refractivity contribution in [2.45, 2.75) is 13.0 Å². The summed E-state index contributed by atoms with van der Waals surface area (Å²) in [5.74, 6) is -0.205. The lowest BCUT2D eigenvalue weighted by molar-refractivity contribution is 0.627. The molecule has 0 aliphatic carbocycles. The Bertz CT molecular complexity index is 408. The van der Waals surface area contributed by atoms with E-state index >= 15 is 0 Å². The van der Waals surface area contributed by atoms with Crippen LogP contribution in [0.1, 0.15) is 6.42 Å². The molecule has 1 aromatic heterocycles. The number of hydrogen-bond donors (Lipinski definition) is 1. The van der Waals surface area contributed by atoms with Gasteiger partial charge in [0.25, 0.3) is 0 Å². The standard InChI is InChI=1S/C12H14FN3/c13-11-2-4-12(5-3-11)15-6-1-8-16-9-7-14-10-16/h2-5,7,9-10,15H,1,6,8H2. The van der Waals surface area contributed by atoms with E-state index in [4.69, 9.17) is 0 Å². The minimum atomic E-state index is -0.205. The first kappa shape index (κ1) is 10.7. The smallest absolute Gasteiger partial charge is 0.123 e. The Hall–Kier alpha value is -1.84. The summed E-state index contributed by atoms with van der Waals surface area (Å²) in [6.07, 6.45) is 6.52. The van der Waals surface area contributed by atoms with Crippen molar-refractivity contribution in [1.82, 2.24) is 9.55 Å². The largest absolute Gasteiger partial charge is 0.385 e. The van der Waals surface area contributed by atoms with Crippen LogP contribution in [0.2, 0.25) is 0 Å². The van der Waals surface area contributed by atoms with Crippen LogP contribution in [0.3, 0.4) is 0 Å². The first-order valence-corrected chi connectivity index (χ1v) is 5.30. The quantitative estimate of drug-likeness (QED) is 0.783. The molecule has 0 aliphatic rings. The molecule has 0 unspecified atom stereocenters. The minimum Gasteiger partial charge on any atom is -0.385 e. The fraction of sp³-hybridized carbons (Fsp3) is 0.250. The summed E-state index contributed by atoms with van der Waals surface area (Å²) in [5, 5.41) is 3.23. The number of nitrogens with zero attached hydrogens (tertiary/aromatic N) is 2. The van der Waals surface area contributed by atoms with Crippen molar-refractivity contribution in [3.8, 4) is 0 Å². The lowest BCUT2D eigenvalue weighted by Crippen LogP contribution is -2.05. The third-order valence-electron chi connectivity index (χ3n) is 2.33. The topological polar surface area (TPSA) is 29.9 Å². The first-order chi connectivity index (χ1) is 7.84. The fourth-order valence-corrected chi connectivity index (χ4v) is 1.48. The van der Waals surface area contributed by atoms with E-state index in [1.165, 1.54) is 12.1 Å². The molecular formula is C12H14FN3. The van der Waals surface area contributed by atoms with Crippen molar-refractivity contribution < 1.29 is 4.39 Å². The first-order valence-electron chi connectivity index (χ1n) is 5.30. The number of halogens is 1. The zero-order valence-electron chi connectivity index (χ0n) is 8.94. The molecule has 1 heterocycles. The average Bonchev–Trinajstić information content (AvgIpc) is 2.80. The number of rotatable bonds is 5. The van der Waals surface area contributed by atoms with Crippen molar-refractivity contribution in [1.29, 1.82) is 0 Å². The third-order valence-corrected chi connectivity index (χ3v) is 2.33. The summed E-state index contributed by atoms with van der Waals surface area (Å²) in [6.45, 7) is 1.80. The summed E-state index contributed by atoms with van der Waals surface area (Å²) in [7, 11) is 0. The van der Waals surface area contributed by atoms with Gasteiger partial charge in [-0.15, -0.1) is 0 Å². The Morgan fingerprint density at radius 2 is 2.06 bits per heavy atom. The highest BCUT2D eigenvalue weighted by atomic mass is 19.1. The van der Waals surface area contributed by atoms with Crippen LogP contribution in [0.15, 0.2) is 43.0 Å². The SMILES string of the molecule is Fc1ccc(NCCCn2ccnc2)cc1. The van der Waals surface area contributed by atoms with Gasteiger partial charge in [-0.25, -0.2) is 9.37 Å². The van der Waals surface area contributed by atoms with Gasteiger partial charge < -0.3 is 9.88 Å². The Balaban J connectivity index is 1.70. The molecule has 3 nitrogen and oxygen atoms in total. The Morgan fingerprint density at radius 3 is 2.75 bits per heavy atom. The monoisotopic (exact) mass is 219 g/mol. The highest BCUT2D eigenvalue weighted by Gasteiger charge is 1.93. The summed E-state index contributed by atoms with van der Waals surface area (Å²) in [4.78, 5) is 3.97. The number of nitrogens with one attached hydrogen (secondary N) is 1. The molecule has 2 rings (SSSR count). The Morgan fingerprint density at radius 1 is 1.25 bits per heavy atom. The van der Waals surface area contributed by atoms with Crippen molar-refractivity contribution >= 4 is 5.69 Å². The van der Waals surface area contributed by atoms with Crippen molar-refractivity contribution in [3.63, 3.8) is 0 Å². The highest BCUT2D eigenvalue weighted by Crippen LogP contribution is 2.07. The van der Waals surface area contributed by atoms with Crippen LogP contribution < -0.4 is 5.32 Å². The van der Waals surface area contributed by atoms with E-state index in [1.807, 2.05) is 10.8 Å². The number of aromatic nitrogens is 2. The van der Waals surface area contributed by atoms with Crippen molar-refractivity contribution in [2.75, 3.05) is 11.9 Å². The summed E-state index contributed by atoms with van der Waals surface area (Å²) >= 11 is 0. The molecule has 0 saturated heterocycles. The van der Waals surface area contributed by atoms with Crippen LogP contribution >= 0.6 is 0 Å². The number of anilines is 1.